The Morgan fingerprint density at radius 3 is 2.11 bits per heavy atom. The van der Waals surface area contributed by atoms with Crippen LogP contribution >= 0.6 is 0 Å². The molecule has 2 aromatic rings. The highest BCUT2D eigenvalue weighted by Gasteiger charge is 2.21. The summed E-state index contributed by atoms with van der Waals surface area (Å²) >= 11 is 0. The summed E-state index contributed by atoms with van der Waals surface area (Å²) in [6.45, 7) is 7.53. The molecule has 0 saturated heterocycles. The Bertz CT molecular complexity index is 743. The van der Waals surface area contributed by atoms with Crippen LogP contribution in [0.25, 0.3) is 10.8 Å². The number of hydrogen-bond acceptors (Lipinski definition) is 2. The second-order valence-electron chi connectivity index (χ2n) is 4.68. The van der Waals surface area contributed by atoms with E-state index in [1.165, 1.54) is 0 Å². The second kappa shape index (κ2) is 4.07. The Labute approximate surface area is 107 Å². The number of fused-ring (bicyclic) bond motifs is 1. The summed E-state index contributed by atoms with van der Waals surface area (Å²) in [4.78, 5) is 0.0318. The van der Waals surface area contributed by atoms with E-state index in [2.05, 4.69) is 0 Å². The van der Waals surface area contributed by atoms with Gasteiger partial charge >= 0.3 is 0 Å². The fourth-order valence-corrected chi connectivity index (χ4v) is 3.52. The van der Waals surface area contributed by atoms with Gasteiger partial charge in [0.05, 0.1) is 0 Å². The van der Waals surface area contributed by atoms with E-state index in [0.717, 1.165) is 22.1 Å². The van der Waals surface area contributed by atoms with Crippen LogP contribution in [0.4, 0.5) is 0 Å². The number of hydrogen-bond donors (Lipinski definition) is 1. The summed E-state index contributed by atoms with van der Waals surface area (Å²) in [6.07, 6.45) is 0. The molecule has 0 bridgehead atoms. The number of rotatable bonds is 1. The van der Waals surface area contributed by atoms with Crippen LogP contribution in [0.5, 0.6) is 0 Å². The Hall–Kier alpha value is -1.39. The predicted molar refractivity (Wildman–Crippen MR) is 72.7 cm³/mol. The molecule has 0 saturated carbocycles. The SMILES string of the molecule is Cc1c(C)c(C)c2c(C)cccc2c1S(=O)(=O)O. The van der Waals surface area contributed by atoms with E-state index in [0.29, 0.717) is 10.9 Å². The summed E-state index contributed by atoms with van der Waals surface area (Å²) < 4.78 is 32.6. The predicted octanol–water partition coefficient (Wildman–Crippen LogP) is 3.32. The average Bonchev–Trinajstić information content (AvgIpc) is 2.24. The lowest BCUT2D eigenvalue weighted by atomic mass is 9.94. The first-order valence-electron chi connectivity index (χ1n) is 5.71. The van der Waals surface area contributed by atoms with E-state index in [4.69, 9.17) is 0 Å². The Kier molecular flexibility index (Phi) is 2.95. The van der Waals surface area contributed by atoms with Crippen molar-refractivity contribution >= 4 is 20.9 Å². The maximum atomic E-state index is 11.6. The molecule has 0 heterocycles. The van der Waals surface area contributed by atoms with Crippen LogP contribution in [-0.2, 0) is 10.1 Å². The molecular formula is C14H16O3S. The molecule has 2 aromatic carbocycles. The Balaban J connectivity index is 3.18. The highest BCUT2D eigenvalue weighted by Crippen LogP contribution is 2.34. The lowest BCUT2D eigenvalue weighted by Gasteiger charge is -2.16. The van der Waals surface area contributed by atoms with Crippen LogP contribution in [0.1, 0.15) is 22.3 Å². The summed E-state index contributed by atoms with van der Waals surface area (Å²) in [6, 6.07) is 5.49. The highest BCUT2D eigenvalue weighted by molar-refractivity contribution is 7.86. The number of benzene rings is 2. The Morgan fingerprint density at radius 2 is 1.56 bits per heavy atom. The summed E-state index contributed by atoms with van der Waals surface area (Å²) in [5, 5.41) is 1.51. The van der Waals surface area contributed by atoms with Crippen molar-refractivity contribution < 1.29 is 13.0 Å². The minimum atomic E-state index is -4.22. The van der Waals surface area contributed by atoms with Crippen molar-refractivity contribution in [2.45, 2.75) is 32.6 Å². The fourth-order valence-electron chi connectivity index (χ4n) is 2.53. The molecule has 0 aromatic heterocycles. The van der Waals surface area contributed by atoms with Crippen LogP contribution in [0.2, 0.25) is 0 Å². The van der Waals surface area contributed by atoms with Gasteiger partial charge in [0.1, 0.15) is 4.90 Å². The molecule has 3 nitrogen and oxygen atoms in total. The van der Waals surface area contributed by atoms with Crippen molar-refractivity contribution in [2.24, 2.45) is 0 Å². The quantitative estimate of drug-likeness (QED) is 0.804. The van der Waals surface area contributed by atoms with Gasteiger partial charge in [0.15, 0.2) is 0 Å². The molecule has 0 amide bonds. The van der Waals surface area contributed by atoms with Crippen molar-refractivity contribution in [2.75, 3.05) is 0 Å². The van der Waals surface area contributed by atoms with Crippen LogP contribution in [0, 0.1) is 27.7 Å². The first-order valence-corrected chi connectivity index (χ1v) is 7.15. The van der Waals surface area contributed by atoms with Crippen LogP contribution in [0.3, 0.4) is 0 Å². The van der Waals surface area contributed by atoms with Gasteiger partial charge in [-0.15, -0.1) is 0 Å². The molecule has 18 heavy (non-hydrogen) atoms. The van der Waals surface area contributed by atoms with E-state index in [-0.39, 0.29) is 4.90 Å². The standard InChI is InChI=1S/C14H16O3S/c1-8-6-5-7-12-13(8)10(3)9(2)11(4)14(12)18(15,16)17/h5-7H,1-4H3,(H,15,16,17). The van der Waals surface area contributed by atoms with Gasteiger partial charge in [0.2, 0.25) is 0 Å². The molecule has 96 valence electrons. The lowest BCUT2D eigenvalue weighted by Crippen LogP contribution is -2.05. The third-order valence-electron chi connectivity index (χ3n) is 3.62. The summed E-state index contributed by atoms with van der Waals surface area (Å²) in [7, 11) is -4.22. The third kappa shape index (κ3) is 1.82. The van der Waals surface area contributed by atoms with E-state index < -0.39 is 10.1 Å². The van der Waals surface area contributed by atoms with Crippen molar-refractivity contribution in [3.05, 3.63) is 40.5 Å². The van der Waals surface area contributed by atoms with Crippen molar-refractivity contribution in [1.82, 2.24) is 0 Å². The minimum Gasteiger partial charge on any atom is -0.282 e. The average molecular weight is 264 g/mol. The van der Waals surface area contributed by atoms with Crippen LogP contribution in [-0.4, -0.2) is 13.0 Å². The fraction of sp³-hybridized carbons (Fsp3) is 0.286. The first kappa shape index (κ1) is 13.1. The van der Waals surface area contributed by atoms with Gasteiger partial charge in [-0.2, -0.15) is 8.42 Å². The maximum Gasteiger partial charge on any atom is 0.295 e. The third-order valence-corrected chi connectivity index (χ3v) is 4.66. The first-order chi connectivity index (χ1) is 8.25. The molecule has 0 aliphatic carbocycles. The summed E-state index contributed by atoms with van der Waals surface area (Å²) in [5.41, 5.74) is 3.60. The summed E-state index contributed by atoms with van der Waals surface area (Å²) in [5.74, 6) is 0. The molecular weight excluding hydrogens is 248 g/mol. The van der Waals surface area contributed by atoms with E-state index in [1.54, 1.807) is 19.1 Å². The molecule has 4 heteroatoms. The zero-order valence-corrected chi connectivity index (χ0v) is 11.7. The van der Waals surface area contributed by atoms with E-state index in [9.17, 15) is 13.0 Å². The van der Waals surface area contributed by atoms with Crippen LogP contribution < -0.4 is 0 Å². The zero-order valence-electron chi connectivity index (χ0n) is 10.9. The topological polar surface area (TPSA) is 54.4 Å². The molecule has 0 aliphatic rings. The molecule has 0 atom stereocenters. The van der Waals surface area contributed by atoms with Crippen molar-refractivity contribution in [1.29, 1.82) is 0 Å². The molecule has 0 fully saturated rings. The lowest BCUT2D eigenvalue weighted by molar-refractivity contribution is 0.483. The highest BCUT2D eigenvalue weighted by atomic mass is 32.2. The van der Waals surface area contributed by atoms with Gasteiger partial charge in [-0.3, -0.25) is 4.55 Å². The van der Waals surface area contributed by atoms with Gasteiger partial charge in [-0.1, -0.05) is 18.2 Å². The minimum absolute atomic E-state index is 0.0318. The molecule has 0 spiro atoms. The number of aryl methyl sites for hydroxylation is 2. The van der Waals surface area contributed by atoms with Gasteiger partial charge in [-0.05, 0) is 55.3 Å². The molecule has 0 aliphatic heterocycles. The molecule has 2 rings (SSSR count). The zero-order chi connectivity index (χ0) is 13.7. The largest absolute Gasteiger partial charge is 0.295 e. The van der Waals surface area contributed by atoms with Gasteiger partial charge in [0, 0.05) is 5.39 Å². The van der Waals surface area contributed by atoms with Gasteiger partial charge in [0.25, 0.3) is 10.1 Å². The van der Waals surface area contributed by atoms with Gasteiger partial charge in [-0.25, -0.2) is 0 Å². The molecule has 0 radical (unpaired) electrons. The Morgan fingerprint density at radius 1 is 0.944 bits per heavy atom. The monoisotopic (exact) mass is 264 g/mol. The molecule has 0 unspecified atom stereocenters. The normalized spacial score (nSPS) is 12.1. The van der Waals surface area contributed by atoms with Crippen LogP contribution in [0.15, 0.2) is 23.1 Å². The molecule has 1 N–H and O–H groups in total. The van der Waals surface area contributed by atoms with Crippen molar-refractivity contribution in [3.8, 4) is 0 Å². The maximum absolute atomic E-state index is 11.6. The van der Waals surface area contributed by atoms with E-state index in [1.807, 2.05) is 26.8 Å². The second-order valence-corrected chi connectivity index (χ2v) is 6.04. The van der Waals surface area contributed by atoms with Gasteiger partial charge < -0.3 is 0 Å². The smallest absolute Gasteiger partial charge is 0.282 e. The van der Waals surface area contributed by atoms with Crippen molar-refractivity contribution in [3.63, 3.8) is 0 Å². The van der Waals surface area contributed by atoms with E-state index >= 15 is 0 Å².